The fraction of sp³-hybridized carbons (Fsp3) is 0.500. The highest BCUT2D eigenvalue weighted by atomic mass is 79.9. The van der Waals surface area contributed by atoms with Crippen LogP contribution in [0.5, 0.6) is 5.75 Å². The number of unbranched alkanes of at least 4 members (excludes halogenated alkanes) is 1. The largest absolute Gasteiger partial charge is 0.492 e. The van der Waals surface area contributed by atoms with Crippen LogP contribution < -0.4 is 4.74 Å². The quantitative estimate of drug-likeness (QED) is 0.586. The molecule has 0 saturated heterocycles. The van der Waals surface area contributed by atoms with E-state index in [2.05, 4.69) is 20.9 Å². The van der Waals surface area contributed by atoms with Crippen molar-refractivity contribution in [3.05, 3.63) is 24.0 Å². The van der Waals surface area contributed by atoms with Crippen molar-refractivity contribution in [1.29, 1.82) is 0 Å². The van der Waals surface area contributed by atoms with Crippen LogP contribution in [0.1, 0.15) is 18.5 Å². The number of pyridine rings is 1. The van der Waals surface area contributed by atoms with E-state index in [9.17, 15) is 0 Å². The number of aryl methyl sites for hydroxylation is 1. The maximum atomic E-state index is 5.56. The summed E-state index contributed by atoms with van der Waals surface area (Å²) in [6, 6.07) is 3.85. The predicted molar refractivity (Wildman–Crippen MR) is 57.5 cm³/mol. The number of halogens is 1. The van der Waals surface area contributed by atoms with Gasteiger partial charge in [0.25, 0.3) is 0 Å². The van der Waals surface area contributed by atoms with Gasteiger partial charge in [0.15, 0.2) is 0 Å². The first-order valence-corrected chi connectivity index (χ1v) is 5.57. The Morgan fingerprint density at radius 3 is 3.00 bits per heavy atom. The molecule has 0 amide bonds. The van der Waals surface area contributed by atoms with E-state index in [4.69, 9.17) is 4.74 Å². The van der Waals surface area contributed by atoms with Gasteiger partial charge in [-0.05, 0) is 31.9 Å². The van der Waals surface area contributed by atoms with Crippen molar-refractivity contribution in [3.8, 4) is 5.75 Å². The van der Waals surface area contributed by atoms with Crippen LogP contribution in [-0.2, 0) is 0 Å². The Hall–Kier alpha value is -0.570. The Kier molecular flexibility index (Phi) is 4.83. The molecule has 1 aromatic heterocycles. The van der Waals surface area contributed by atoms with Crippen LogP contribution in [0.4, 0.5) is 0 Å². The van der Waals surface area contributed by atoms with Gasteiger partial charge in [-0.25, -0.2) is 0 Å². The van der Waals surface area contributed by atoms with Crippen molar-refractivity contribution >= 4 is 15.9 Å². The topological polar surface area (TPSA) is 22.1 Å². The molecule has 0 aliphatic heterocycles. The van der Waals surface area contributed by atoms with Crippen LogP contribution in [0.3, 0.4) is 0 Å². The molecule has 0 spiro atoms. The molecule has 1 rings (SSSR count). The van der Waals surface area contributed by atoms with Crippen molar-refractivity contribution in [2.45, 2.75) is 19.8 Å². The van der Waals surface area contributed by atoms with E-state index < -0.39 is 0 Å². The third-order valence-electron chi connectivity index (χ3n) is 1.74. The summed E-state index contributed by atoms with van der Waals surface area (Å²) in [5.74, 6) is 0.900. The zero-order chi connectivity index (χ0) is 9.52. The van der Waals surface area contributed by atoms with Crippen LogP contribution in [0.15, 0.2) is 18.3 Å². The standard InChI is InChI=1S/C10H14BrNO/c1-9-10(5-4-7-12-9)13-8-3-2-6-11/h4-5,7H,2-3,6,8H2,1H3. The minimum atomic E-state index is 0.776. The van der Waals surface area contributed by atoms with Crippen molar-refractivity contribution in [2.75, 3.05) is 11.9 Å². The molecule has 13 heavy (non-hydrogen) atoms. The van der Waals surface area contributed by atoms with Crippen molar-refractivity contribution < 1.29 is 4.74 Å². The number of aromatic nitrogens is 1. The van der Waals surface area contributed by atoms with Gasteiger partial charge < -0.3 is 4.74 Å². The van der Waals surface area contributed by atoms with Crippen LogP contribution in [0.2, 0.25) is 0 Å². The zero-order valence-electron chi connectivity index (χ0n) is 7.79. The molecule has 0 aliphatic rings. The summed E-state index contributed by atoms with van der Waals surface area (Å²) >= 11 is 3.38. The summed E-state index contributed by atoms with van der Waals surface area (Å²) in [6.07, 6.45) is 4.01. The summed E-state index contributed by atoms with van der Waals surface area (Å²) in [7, 11) is 0. The molecule has 72 valence electrons. The van der Waals surface area contributed by atoms with Crippen LogP contribution in [0, 0.1) is 6.92 Å². The van der Waals surface area contributed by atoms with Gasteiger partial charge in [-0.1, -0.05) is 15.9 Å². The number of hydrogen-bond acceptors (Lipinski definition) is 2. The van der Waals surface area contributed by atoms with Gasteiger partial charge in [0.1, 0.15) is 5.75 Å². The van der Waals surface area contributed by atoms with Crippen molar-refractivity contribution in [2.24, 2.45) is 0 Å². The maximum Gasteiger partial charge on any atom is 0.140 e. The summed E-state index contributed by atoms with van der Waals surface area (Å²) in [5, 5.41) is 1.04. The Morgan fingerprint density at radius 1 is 1.46 bits per heavy atom. The average Bonchev–Trinajstić information content (AvgIpc) is 2.15. The molecule has 0 aliphatic carbocycles. The molecule has 0 atom stereocenters. The maximum absolute atomic E-state index is 5.56. The van der Waals surface area contributed by atoms with E-state index in [0.717, 1.165) is 36.2 Å². The smallest absolute Gasteiger partial charge is 0.140 e. The van der Waals surface area contributed by atoms with Crippen LogP contribution in [-0.4, -0.2) is 16.9 Å². The third-order valence-corrected chi connectivity index (χ3v) is 2.30. The third kappa shape index (κ3) is 3.77. The molecular weight excluding hydrogens is 230 g/mol. The second-order valence-corrected chi connectivity index (χ2v) is 3.62. The lowest BCUT2D eigenvalue weighted by Gasteiger charge is -2.06. The lowest BCUT2D eigenvalue weighted by atomic mass is 10.3. The number of ether oxygens (including phenoxy) is 1. The molecule has 0 radical (unpaired) electrons. The predicted octanol–water partition coefficient (Wildman–Crippen LogP) is 2.94. The second-order valence-electron chi connectivity index (χ2n) is 2.83. The molecule has 0 unspecified atom stereocenters. The van der Waals surface area contributed by atoms with Gasteiger partial charge in [0, 0.05) is 11.5 Å². The molecule has 1 aromatic rings. The van der Waals surface area contributed by atoms with Crippen molar-refractivity contribution in [3.63, 3.8) is 0 Å². The van der Waals surface area contributed by atoms with Crippen LogP contribution >= 0.6 is 15.9 Å². The van der Waals surface area contributed by atoms with E-state index >= 15 is 0 Å². The van der Waals surface area contributed by atoms with E-state index in [1.807, 2.05) is 19.1 Å². The van der Waals surface area contributed by atoms with Gasteiger partial charge in [0.05, 0.1) is 12.3 Å². The molecule has 0 bridgehead atoms. The fourth-order valence-corrected chi connectivity index (χ4v) is 1.40. The zero-order valence-corrected chi connectivity index (χ0v) is 9.38. The first-order chi connectivity index (χ1) is 6.34. The van der Waals surface area contributed by atoms with Crippen LogP contribution in [0.25, 0.3) is 0 Å². The summed E-state index contributed by atoms with van der Waals surface area (Å²) in [6.45, 7) is 2.73. The lowest BCUT2D eigenvalue weighted by Crippen LogP contribution is -1.99. The highest BCUT2D eigenvalue weighted by Crippen LogP contribution is 2.13. The van der Waals surface area contributed by atoms with E-state index in [1.165, 1.54) is 0 Å². The van der Waals surface area contributed by atoms with Gasteiger partial charge in [0.2, 0.25) is 0 Å². The highest BCUT2D eigenvalue weighted by molar-refractivity contribution is 9.09. The van der Waals surface area contributed by atoms with Gasteiger partial charge in [-0.15, -0.1) is 0 Å². The Bertz CT molecular complexity index is 252. The summed E-state index contributed by atoms with van der Waals surface area (Å²) in [5.41, 5.74) is 0.960. The van der Waals surface area contributed by atoms with E-state index in [-0.39, 0.29) is 0 Å². The number of alkyl halides is 1. The Balaban J connectivity index is 2.32. The highest BCUT2D eigenvalue weighted by Gasteiger charge is 1.97. The second kappa shape index (κ2) is 5.97. The monoisotopic (exact) mass is 243 g/mol. The minimum absolute atomic E-state index is 0.776. The molecule has 0 saturated carbocycles. The van der Waals surface area contributed by atoms with Gasteiger partial charge in [-0.2, -0.15) is 0 Å². The molecule has 2 nitrogen and oxygen atoms in total. The lowest BCUT2D eigenvalue weighted by molar-refractivity contribution is 0.306. The molecule has 0 fully saturated rings. The first-order valence-electron chi connectivity index (χ1n) is 4.45. The van der Waals surface area contributed by atoms with E-state index in [0.29, 0.717) is 0 Å². The number of rotatable bonds is 5. The van der Waals surface area contributed by atoms with Gasteiger partial charge in [-0.3, -0.25) is 4.98 Å². The molecule has 1 heterocycles. The average molecular weight is 244 g/mol. The fourth-order valence-electron chi connectivity index (χ4n) is 1.00. The SMILES string of the molecule is Cc1ncccc1OCCCCBr. The summed E-state index contributed by atoms with van der Waals surface area (Å²) in [4.78, 5) is 4.14. The normalized spacial score (nSPS) is 10.0. The molecular formula is C10H14BrNO. The molecule has 0 N–H and O–H groups in total. The Labute approximate surface area is 87.5 Å². The summed E-state index contributed by atoms with van der Waals surface area (Å²) < 4.78 is 5.56. The number of nitrogens with zero attached hydrogens (tertiary/aromatic N) is 1. The minimum Gasteiger partial charge on any atom is -0.492 e. The van der Waals surface area contributed by atoms with Gasteiger partial charge >= 0.3 is 0 Å². The number of hydrogen-bond donors (Lipinski definition) is 0. The van der Waals surface area contributed by atoms with Crippen molar-refractivity contribution in [1.82, 2.24) is 4.98 Å². The molecule has 0 aromatic carbocycles. The first kappa shape index (κ1) is 10.5. The Morgan fingerprint density at radius 2 is 2.31 bits per heavy atom. The van der Waals surface area contributed by atoms with E-state index in [1.54, 1.807) is 6.20 Å². The molecule has 3 heteroatoms.